The number of rotatable bonds is 3. The van der Waals surface area contributed by atoms with Crippen LogP contribution in [0.2, 0.25) is 0 Å². The van der Waals surface area contributed by atoms with Crippen molar-refractivity contribution in [1.82, 2.24) is 34.3 Å². The van der Waals surface area contributed by atoms with Crippen molar-refractivity contribution in [3.05, 3.63) is 81.5 Å². The molecule has 29 heavy (non-hydrogen) atoms. The summed E-state index contributed by atoms with van der Waals surface area (Å²) in [5.74, 6) is 1.44. The molecule has 0 bridgehead atoms. The molecule has 0 aliphatic heterocycles. The highest BCUT2D eigenvalue weighted by Crippen LogP contribution is 2.16. The van der Waals surface area contributed by atoms with Gasteiger partial charge in [0.25, 0.3) is 17.1 Å². The van der Waals surface area contributed by atoms with E-state index in [1.807, 2.05) is 6.92 Å². The fourth-order valence-corrected chi connectivity index (χ4v) is 3.21. The molecule has 1 N–H and O–H groups in total. The number of nitrogens with one attached hydrogen (secondary N) is 1. The smallest absolute Gasteiger partial charge is 0.267 e. The number of hydrogen-bond donors (Lipinski definition) is 1. The van der Waals surface area contributed by atoms with Gasteiger partial charge in [-0.1, -0.05) is 13.0 Å². The first kappa shape index (κ1) is 17.0. The zero-order valence-electron chi connectivity index (χ0n) is 15.4. The molecule has 5 aromatic heterocycles. The Hall–Kier alpha value is -4.14. The minimum Gasteiger partial charge on any atom is -0.268 e. The summed E-state index contributed by atoms with van der Waals surface area (Å²) in [4.78, 5) is 39.1. The monoisotopic (exact) mass is 385 g/mol. The predicted octanol–water partition coefficient (Wildman–Crippen LogP) is 1.77. The summed E-state index contributed by atoms with van der Waals surface area (Å²) in [7, 11) is 0. The maximum atomic E-state index is 13.0. The predicted molar refractivity (Wildman–Crippen MR) is 108 cm³/mol. The summed E-state index contributed by atoms with van der Waals surface area (Å²) in [6, 6.07) is 10.3. The number of aromatic nitrogens is 7. The first-order valence-electron chi connectivity index (χ1n) is 9.06. The molecule has 9 heteroatoms. The van der Waals surface area contributed by atoms with E-state index in [1.54, 1.807) is 55.0 Å². The third-order valence-corrected chi connectivity index (χ3v) is 4.71. The van der Waals surface area contributed by atoms with Crippen LogP contribution < -0.4 is 11.1 Å². The molecule has 0 fully saturated rings. The van der Waals surface area contributed by atoms with E-state index < -0.39 is 0 Å². The number of fused-ring (bicyclic) bond motifs is 2. The van der Waals surface area contributed by atoms with Gasteiger partial charge in [0.05, 0.1) is 21.8 Å². The van der Waals surface area contributed by atoms with Gasteiger partial charge < -0.3 is 0 Å². The highest BCUT2D eigenvalue weighted by atomic mass is 16.1. The summed E-state index contributed by atoms with van der Waals surface area (Å²) < 4.78 is 2.77. The zero-order chi connectivity index (χ0) is 20.0. The molecule has 0 aliphatic rings. The van der Waals surface area contributed by atoms with Crippen LogP contribution in [-0.4, -0.2) is 34.3 Å². The maximum absolute atomic E-state index is 13.0. The van der Waals surface area contributed by atoms with Crippen LogP contribution in [0.5, 0.6) is 0 Å². The first-order valence-corrected chi connectivity index (χ1v) is 9.06. The van der Waals surface area contributed by atoms with Crippen LogP contribution in [0.1, 0.15) is 12.7 Å². The SMILES string of the molecule is CCc1nc(-n2ccc3nc4ccn(-c5ccccn5)c(=O)c4cc3c2=O)n[nH]1. The Bertz CT molecular complexity index is 1480. The van der Waals surface area contributed by atoms with Crippen molar-refractivity contribution in [3.8, 4) is 11.8 Å². The van der Waals surface area contributed by atoms with E-state index in [0.717, 1.165) is 0 Å². The van der Waals surface area contributed by atoms with Gasteiger partial charge in [-0.3, -0.25) is 19.3 Å². The second-order valence-corrected chi connectivity index (χ2v) is 6.46. The number of pyridine rings is 4. The van der Waals surface area contributed by atoms with Crippen LogP contribution in [0, 0.1) is 0 Å². The van der Waals surface area contributed by atoms with Crippen molar-refractivity contribution >= 4 is 21.8 Å². The van der Waals surface area contributed by atoms with Crippen molar-refractivity contribution in [2.75, 3.05) is 0 Å². The van der Waals surface area contributed by atoms with Crippen LogP contribution in [0.25, 0.3) is 33.6 Å². The lowest BCUT2D eigenvalue weighted by Gasteiger charge is -2.07. The van der Waals surface area contributed by atoms with E-state index in [1.165, 1.54) is 9.13 Å². The average molecular weight is 385 g/mol. The van der Waals surface area contributed by atoms with Gasteiger partial charge in [-0.15, -0.1) is 5.10 Å². The Labute approximate surface area is 163 Å². The molecule has 0 amide bonds. The molecule has 0 aromatic carbocycles. The van der Waals surface area contributed by atoms with Crippen molar-refractivity contribution in [2.45, 2.75) is 13.3 Å². The van der Waals surface area contributed by atoms with Crippen LogP contribution >= 0.6 is 0 Å². The van der Waals surface area contributed by atoms with E-state index in [2.05, 4.69) is 25.1 Å². The van der Waals surface area contributed by atoms with Crippen molar-refractivity contribution < 1.29 is 0 Å². The molecule has 5 heterocycles. The average Bonchev–Trinajstić information content (AvgIpc) is 3.23. The standard InChI is InChI=1S/C20H15N7O2/c1-2-16-23-20(25-24-16)27-10-7-15-13(19(27)29)11-12-14(22-15)6-9-26(18(12)28)17-5-3-4-8-21-17/h3-11H,2H2,1H3,(H,23,24,25). The molecule has 5 aromatic rings. The van der Waals surface area contributed by atoms with Gasteiger partial charge in [0.2, 0.25) is 0 Å². The molecule has 0 aliphatic carbocycles. The number of H-pyrrole nitrogens is 1. The molecule has 0 unspecified atom stereocenters. The number of aryl methyl sites for hydroxylation is 1. The number of hydrogen-bond acceptors (Lipinski definition) is 6. The summed E-state index contributed by atoms with van der Waals surface area (Å²) in [6.45, 7) is 1.94. The van der Waals surface area contributed by atoms with Gasteiger partial charge in [0.15, 0.2) is 0 Å². The highest BCUT2D eigenvalue weighted by molar-refractivity contribution is 5.91. The van der Waals surface area contributed by atoms with Crippen molar-refractivity contribution in [3.63, 3.8) is 0 Å². The minimum absolute atomic E-state index is 0.257. The van der Waals surface area contributed by atoms with E-state index in [-0.39, 0.29) is 17.1 Å². The molecule has 0 radical (unpaired) electrons. The number of nitrogens with zero attached hydrogens (tertiary/aromatic N) is 6. The van der Waals surface area contributed by atoms with Crippen LogP contribution in [-0.2, 0) is 6.42 Å². The summed E-state index contributed by atoms with van der Waals surface area (Å²) in [5.41, 5.74) is 0.376. The Balaban J connectivity index is 1.76. The topological polar surface area (TPSA) is 111 Å². The molecular weight excluding hydrogens is 370 g/mol. The lowest BCUT2D eigenvalue weighted by atomic mass is 10.2. The molecule has 5 rings (SSSR count). The van der Waals surface area contributed by atoms with Gasteiger partial charge >= 0.3 is 0 Å². The quantitative estimate of drug-likeness (QED) is 0.474. The third-order valence-electron chi connectivity index (χ3n) is 4.71. The van der Waals surface area contributed by atoms with Crippen molar-refractivity contribution in [2.24, 2.45) is 0 Å². The summed E-state index contributed by atoms with van der Waals surface area (Å²) >= 11 is 0. The molecule has 9 nitrogen and oxygen atoms in total. The third kappa shape index (κ3) is 2.71. The Kier molecular flexibility index (Phi) is 3.80. The molecule has 0 saturated carbocycles. The van der Waals surface area contributed by atoms with E-state index in [9.17, 15) is 9.59 Å². The Morgan fingerprint density at radius 3 is 2.31 bits per heavy atom. The molecule has 142 valence electrons. The van der Waals surface area contributed by atoms with E-state index in [4.69, 9.17) is 0 Å². The summed E-state index contributed by atoms with van der Waals surface area (Å²) in [6.07, 6.45) is 5.51. The van der Waals surface area contributed by atoms with Gasteiger partial charge in [-0.2, -0.15) is 4.98 Å². The van der Waals surface area contributed by atoms with Gasteiger partial charge in [0.1, 0.15) is 11.6 Å². The summed E-state index contributed by atoms with van der Waals surface area (Å²) in [5, 5.41) is 7.54. The molecule has 0 atom stereocenters. The van der Waals surface area contributed by atoms with Crippen LogP contribution in [0.3, 0.4) is 0 Å². The van der Waals surface area contributed by atoms with E-state index in [0.29, 0.717) is 39.9 Å². The van der Waals surface area contributed by atoms with E-state index >= 15 is 0 Å². The van der Waals surface area contributed by atoms with Crippen LogP contribution in [0.4, 0.5) is 0 Å². The normalized spacial score (nSPS) is 11.3. The Morgan fingerprint density at radius 2 is 1.66 bits per heavy atom. The van der Waals surface area contributed by atoms with Gasteiger partial charge in [0, 0.05) is 25.0 Å². The zero-order valence-corrected chi connectivity index (χ0v) is 15.4. The molecular formula is C20H15N7O2. The Morgan fingerprint density at radius 1 is 0.931 bits per heavy atom. The van der Waals surface area contributed by atoms with Gasteiger partial charge in [-0.25, -0.2) is 14.5 Å². The van der Waals surface area contributed by atoms with Crippen molar-refractivity contribution in [1.29, 1.82) is 0 Å². The lowest BCUT2D eigenvalue weighted by molar-refractivity contribution is 0.901. The first-order chi connectivity index (χ1) is 14.2. The largest absolute Gasteiger partial charge is 0.268 e. The van der Waals surface area contributed by atoms with Crippen LogP contribution in [0.15, 0.2) is 64.6 Å². The number of aromatic amines is 1. The second kappa shape index (κ2) is 6.48. The minimum atomic E-state index is -0.341. The lowest BCUT2D eigenvalue weighted by Crippen LogP contribution is -2.21. The second-order valence-electron chi connectivity index (χ2n) is 6.46. The maximum Gasteiger partial charge on any atom is 0.267 e. The van der Waals surface area contributed by atoms with Gasteiger partial charge in [-0.05, 0) is 30.3 Å². The fraction of sp³-hybridized carbons (Fsp3) is 0.100. The highest BCUT2D eigenvalue weighted by Gasteiger charge is 2.13. The fourth-order valence-electron chi connectivity index (χ4n) is 3.21. The molecule has 0 spiro atoms. The molecule has 0 saturated heterocycles.